The fourth-order valence-corrected chi connectivity index (χ4v) is 3.41. The minimum Gasteiger partial charge on any atom is -0.459 e. The largest absolute Gasteiger partial charge is 0.459 e. The molecule has 2 amide bonds. The maximum absolute atomic E-state index is 12.3. The standard InChI is InChI=1S/C23H23N3O3/c27-22(24-20-5-2-1-3-6-20)19-10-8-18(9-11-19)17-25-12-14-26(15-13-25)23(28)21-7-4-16-29-21/h1-11,16H,12-15,17H2,(H,24,27). The summed E-state index contributed by atoms with van der Waals surface area (Å²) >= 11 is 0. The molecule has 2 heterocycles. The molecule has 0 saturated carbocycles. The van der Waals surface area contributed by atoms with Crippen LogP contribution in [0.3, 0.4) is 0 Å². The number of carbonyl (C=O) groups excluding carboxylic acids is 2. The number of anilines is 1. The number of nitrogens with zero attached hydrogens (tertiary/aromatic N) is 2. The summed E-state index contributed by atoms with van der Waals surface area (Å²) in [5.41, 5.74) is 2.56. The van der Waals surface area contributed by atoms with Gasteiger partial charge in [0.15, 0.2) is 5.76 Å². The minimum absolute atomic E-state index is 0.0524. The lowest BCUT2D eigenvalue weighted by Gasteiger charge is -2.34. The Hall–Kier alpha value is -3.38. The van der Waals surface area contributed by atoms with Gasteiger partial charge in [0.25, 0.3) is 11.8 Å². The zero-order chi connectivity index (χ0) is 20.1. The van der Waals surface area contributed by atoms with Gasteiger partial charge in [0.2, 0.25) is 0 Å². The molecule has 4 rings (SSSR count). The topological polar surface area (TPSA) is 65.8 Å². The quantitative estimate of drug-likeness (QED) is 0.725. The van der Waals surface area contributed by atoms with Crippen molar-refractivity contribution in [2.24, 2.45) is 0 Å². The van der Waals surface area contributed by atoms with E-state index in [9.17, 15) is 9.59 Å². The van der Waals surface area contributed by atoms with Gasteiger partial charge in [-0.05, 0) is 42.0 Å². The molecule has 1 fully saturated rings. The Morgan fingerprint density at radius 1 is 0.862 bits per heavy atom. The van der Waals surface area contributed by atoms with E-state index in [1.807, 2.05) is 59.5 Å². The lowest BCUT2D eigenvalue weighted by molar-refractivity contribution is 0.0598. The average Bonchev–Trinajstić information content (AvgIpc) is 3.30. The Labute approximate surface area is 169 Å². The molecule has 6 nitrogen and oxygen atoms in total. The Morgan fingerprint density at radius 3 is 2.24 bits per heavy atom. The van der Waals surface area contributed by atoms with Gasteiger partial charge in [-0.3, -0.25) is 14.5 Å². The smallest absolute Gasteiger partial charge is 0.289 e. The van der Waals surface area contributed by atoms with Crippen LogP contribution in [0.5, 0.6) is 0 Å². The van der Waals surface area contributed by atoms with Gasteiger partial charge in [0.1, 0.15) is 0 Å². The summed E-state index contributed by atoms with van der Waals surface area (Å²) in [6.45, 7) is 3.77. The first-order valence-electron chi connectivity index (χ1n) is 9.69. The minimum atomic E-state index is -0.118. The number of benzene rings is 2. The van der Waals surface area contributed by atoms with Crippen molar-refractivity contribution in [3.63, 3.8) is 0 Å². The highest BCUT2D eigenvalue weighted by molar-refractivity contribution is 6.04. The van der Waals surface area contributed by atoms with Crippen molar-refractivity contribution in [3.05, 3.63) is 89.9 Å². The summed E-state index contributed by atoms with van der Waals surface area (Å²) in [5.74, 6) is 0.221. The Morgan fingerprint density at radius 2 is 1.59 bits per heavy atom. The van der Waals surface area contributed by atoms with E-state index in [1.165, 1.54) is 6.26 Å². The highest BCUT2D eigenvalue weighted by Crippen LogP contribution is 2.14. The van der Waals surface area contributed by atoms with E-state index in [-0.39, 0.29) is 11.8 Å². The fraction of sp³-hybridized carbons (Fsp3) is 0.217. The van der Waals surface area contributed by atoms with Crippen molar-refractivity contribution in [1.29, 1.82) is 0 Å². The molecule has 0 unspecified atom stereocenters. The van der Waals surface area contributed by atoms with E-state index in [0.29, 0.717) is 24.4 Å². The van der Waals surface area contributed by atoms with E-state index >= 15 is 0 Å². The monoisotopic (exact) mass is 389 g/mol. The summed E-state index contributed by atoms with van der Waals surface area (Å²) in [7, 11) is 0. The van der Waals surface area contributed by atoms with E-state index in [1.54, 1.807) is 12.1 Å². The van der Waals surface area contributed by atoms with Gasteiger partial charge in [-0.2, -0.15) is 0 Å². The van der Waals surface area contributed by atoms with Crippen LogP contribution in [0.2, 0.25) is 0 Å². The van der Waals surface area contributed by atoms with Gasteiger partial charge in [-0.1, -0.05) is 30.3 Å². The van der Waals surface area contributed by atoms with E-state index in [0.717, 1.165) is 30.9 Å². The second-order valence-electron chi connectivity index (χ2n) is 7.06. The molecule has 0 aliphatic carbocycles. The predicted octanol–water partition coefficient (Wildman–Crippen LogP) is 3.49. The normalized spacial score (nSPS) is 14.6. The number of para-hydroxylation sites is 1. The highest BCUT2D eigenvalue weighted by Gasteiger charge is 2.23. The number of piperazine rings is 1. The van der Waals surface area contributed by atoms with Crippen molar-refractivity contribution in [2.75, 3.05) is 31.5 Å². The molecule has 6 heteroatoms. The molecule has 1 aliphatic rings. The molecule has 2 aromatic carbocycles. The second-order valence-corrected chi connectivity index (χ2v) is 7.06. The number of amides is 2. The highest BCUT2D eigenvalue weighted by atomic mass is 16.3. The van der Waals surface area contributed by atoms with Crippen LogP contribution in [0.4, 0.5) is 5.69 Å². The number of hydrogen-bond acceptors (Lipinski definition) is 4. The number of hydrogen-bond donors (Lipinski definition) is 1. The average molecular weight is 389 g/mol. The van der Waals surface area contributed by atoms with Crippen molar-refractivity contribution in [2.45, 2.75) is 6.54 Å². The Bertz CT molecular complexity index is 945. The van der Waals surface area contributed by atoms with Crippen molar-refractivity contribution in [1.82, 2.24) is 9.80 Å². The summed E-state index contributed by atoms with van der Waals surface area (Å²) in [6.07, 6.45) is 1.52. The molecule has 1 N–H and O–H groups in total. The maximum atomic E-state index is 12.3. The summed E-state index contributed by atoms with van der Waals surface area (Å²) in [6, 6.07) is 20.5. The maximum Gasteiger partial charge on any atom is 0.289 e. The number of nitrogens with one attached hydrogen (secondary N) is 1. The van der Waals surface area contributed by atoms with Crippen molar-refractivity contribution in [3.8, 4) is 0 Å². The Kier molecular flexibility index (Phi) is 5.72. The fourth-order valence-electron chi connectivity index (χ4n) is 3.41. The molecule has 3 aromatic rings. The molecular formula is C23H23N3O3. The van der Waals surface area contributed by atoms with E-state index in [2.05, 4.69) is 10.2 Å². The van der Waals surface area contributed by atoms with Crippen LogP contribution in [0, 0.1) is 0 Å². The van der Waals surface area contributed by atoms with Crippen LogP contribution in [0.15, 0.2) is 77.4 Å². The van der Waals surface area contributed by atoms with Gasteiger partial charge in [-0.25, -0.2) is 0 Å². The summed E-state index contributed by atoms with van der Waals surface area (Å²) in [5, 5.41) is 2.89. The number of carbonyl (C=O) groups is 2. The predicted molar refractivity (Wildman–Crippen MR) is 111 cm³/mol. The van der Waals surface area contributed by atoms with Crippen molar-refractivity contribution < 1.29 is 14.0 Å². The van der Waals surface area contributed by atoms with Gasteiger partial charge < -0.3 is 14.6 Å². The molecule has 148 valence electrons. The Balaban J connectivity index is 1.28. The molecule has 1 aliphatic heterocycles. The molecule has 29 heavy (non-hydrogen) atoms. The second kappa shape index (κ2) is 8.75. The third-order valence-electron chi connectivity index (χ3n) is 5.05. The molecule has 0 spiro atoms. The molecule has 1 saturated heterocycles. The van der Waals surface area contributed by atoms with Crippen LogP contribution < -0.4 is 5.32 Å². The lowest BCUT2D eigenvalue weighted by Crippen LogP contribution is -2.48. The first-order chi connectivity index (χ1) is 14.2. The zero-order valence-corrected chi connectivity index (χ0v) is 16.1. The molecule has 0 radical (unpaired) electrons. The van der Waals surface area contributed by atoms with Crippen LogP contribution in [0.1, 0.15) is 26.5 Å². The molecular weight excluding hydrogens is 366 g/mol. The van der Waals surface area contributed by atoms with Crippen LogP contribution in [-0.4, -0.2) is 47.8 Å². The summed E-state index contributed by atoms with van der Waals surface area (Å²) in [4.78, 5) is 28.8. The zero-order valence-electron chi connectivity index (χ0n) is 16.1. The van der Waals surface area contributed by atoms with E-state index in [4.69, 9.17) is 4.42 Å². The van der Waals surface area contributed by atoms with Crippen LogP contribution in [0.25, 0.3) is 0 Å². The van der Waals surface area contributed by atoms with Gasteiger partial charge in [0, 0.05) is 44.0 Å². The van der Waals surface area contributed by atoms with Gasteiger partial charge in [0.05, 0.1) is 6.26 Å². The van der Waals surface area contributed by atoms with Crippen LogP contribution >= 0.6 is 0 Å². The first kappa shape index (κ1) is 19.0. The van der Waals surface area contributed by atoms with E-state index < -0.39 is 0 Å². The lowest BCUT2D eigenvalue weighted by atomic mass is 10.1. The molecule has 0 atom stereocenters. The summed E-state index contributed by atoms with van der Waals surface area (Å²) < 4.78 is 5.20. The van der Waals surface area contributed by atoms with Gasteiger partial charge >= 0.3 is 0 Å². The number of rotatable bonds is 5. The van der Waals surface area contributed by atoms with Crippen molar-refractivity contribution >= 4 is 17.5 Å². The molecule has 0 bridgehead atoms. The first-order valence-corrected chi connectivity index (χ1v) is 9.69. The van der Waals surface area contributed by atoms with Gasteiger partial charge in [-0.15, -0.1) is 0 Å². The third kappa shape index (κ3) is 4.73. The molecule has 1 aromatic heterocycles. The number of furan rings is 1. The SMILES string of the molecule is O=C(Nc1ccccc1)c1ccc(CN2CCN(C(=O)c3ccco3)CC2)cc1. The third-order valence-corrected chi connectivity index (χ3v) is 5.05. The van der Waals surface area contributed by atoms with Crippen LogP contribution in [-0.2, 0) is 6.54 Å².